The highest BCUT2D eigenvalue weighted by Gasteiger charge is 2.24. The second kappa shape index (κ2) is 5.47. The summed E-state index contributed by atoms with van der Waals surface area (Å²) in [7, 11) is 0. The van der Waals surface area contributed by atoms with Gasteiger partial charge in [0.05, 0.1) is 17.4 Å². The first kappa shape index (κ1) is 13.6. The van der Waals surface area contributed by atoms with Crippen molar-refractivity contribution in [3.63, 3.8) is 0 Å². The largest absolute Gasteiger partial charge is 0.397 e. The van der Waals surface area contributed by atoms with E-state index in [1.807, 2.05) is 0 Å². The first-order valence-corrected chi connectivity index (χ1v) is 6.79. The Bertz CT molecular complexity index is 475. The van der Waals surface area contributed by atoms with Crippen molar-refractivity contribution in [3.05, 3.63) is 17.8 Å². The second-order valence-corrected chi connectivity index (χ2v) is 5.63. The number of hydrogen-bond donors (Lipinski definition) is 3. The fourth-order valence-electron chi connectivity index (χ4n) is 2.65. The summed E-state index contributed by atoms with van der Waals surface area (Å²) in [4.78, 5) is 15.5. The van der Waals surface area contributed by atoms with E-state index in [-0.39, 0.29) is 0 Å². The number of nitrogens with one attached hydrogen (secondary N) is 1. The van der Waals surface area contributed by atoms with Crippen LogP contribution in [0.15, 0.2) is 12.3 Å². The number of aromatic nitrogens is 1. The number of carbonyl (C=O) groups excluding carboxylic acids is 1. The van der Waals surface area contributed by atoms with E-state index in [0.717, 1.165) is 18.8 Å². The van der Waals surface area contributed by atoms with Gasteiger partial charge in [-0.3, -0.25) is 4.79 Å². The van der Waals surface area contributed by atoms with Gasteiger partial charge in [0, 0.05) is 6.04 Å². The summed E-state index contributed by atoms with van der Waals surface area (Å²) in [5.41, 5.74) is 11.6. The summed E-state index contributed by atoms with van der Waals surface area (Å²) in [6, 6.07) is 2.04. The van der Waals surface area contributed by atoms with Crippen LogP contribution in [0.3, 0.4) is 0 Å². The number of amides is 1. The van der Waals surface area contributed by atoms with E-state index in [9.17, 15) is 4.79 Å². The monoisotopic (exact) mass is 262 g/mol. The third kappa shape index (κ3) is 3.16. The van der Waals surface area contributed by atoms with Crippen molar-refractivity contribution >= 4 is 17.4 Å². The highest BCUT2D eigenvalue weighted by molar-refractivity contribution is 5.98. The molecule has 1 aromatic rings. The summed E-state index contributed by atoms with van der Waals surface area (Å²) in [6.45, 7) is 4.58. The number of rotatable bonds is 3. The minimum absolute atomic E-state index is 0.323. The molecule has 5 nitrogen and oxygen atoms in total. The zero-order chi connectivity index (χ0) is 14.0. The Kier molecular flexibility index (Phi) is 3.93. The van der Waals surface area contributed by atoms with E-state index >= 15 is 0 Å². The predicted molar refractivity (Wildman–Crippen MR) is 76.8 cm³/mol. The molecule has 1 aromatic heterocycles. The van der Waals surface area contributed by atoms with Crippen LogP contribution in [0.4, 0.5) is 11.5 Å². The number of anilines is 2. The molecule has 1 heterocycles. The van der Waals surface area contributed by atoms with Crippen molar-refractivity contribution in [1.29, 1.82) is 0 Å². The number of primary amides is 1. The van der Waals surface area contributed by atoms with Crippen LogP contribution in [0.5, 0.6) is 0 Å². The Morgan fingerprint density at radius 2 is 2.11 bits per heavy atom. The van der Waals surface area contributed by atoms with Crippen LogP contribution in [0.25, 0.3) is 0 Å². The summed E-state index contributed by atoms with van der Waals surface area (Å²) in [6.07, 6.45) is 4.95. The summed E-state index contributed by atoms with van der Waals surface area (Å²) in [5, 5.41) is 3.38. The standard InChI is InChI=1S/C14H22N4O/c1-8-3-4-10(5-9(8)2)18-13-6-11(14(16)19)12(15)7-17-13/h6-10H,3-5,15H2,1-2H3,(H2,16,19)(H,17,18). The van der Waals surface area contributed by atoms with Crippen molar-refractivity contribution in [2.24, 2.45) is 17.6 Å². The smallest absolute Gasteiger partial charge is 0.250 e. The van der Waals surface area contributed by atoms with Crippen LogP contribution in [-0.4, -0.2) is 16.9 Å². The van der Waals surface area contributed by atoms with Gasteiger partial charge in [-0.1, -0.05) is 13.8 Å². The van der Waals surface area contributed by atoms with Gasteiger partial charge in [0.2, 0.25) is 0 Å². The highest BCUT2D eigenvalue weighted by atomic mass is 16.1. The number of carbonyl (C=O) groups is 1. The molecule has 1 amide bonds. The molecule has 3 atom stereocenters. The van der Waals surface area contributed by atoms with Gasteiger partial charge >= 0.3 is 0 Å². The maximum atomic E-state index is 11.2. The van der Waals surface area contributed by atoms with Crippen LogP contribution in [0.1, 0.15) is 43.5 Å². The molecule has 5 N–H and O–H groups in total. The normalized spacial score (nSPS) is 26.9. The molecule has 1 saturated carbocycles. The number of nitrogens with two attached hydrogens (primary N) is 2. The van der Waals surface area contributed by atoms with Gasteiger partial charge in [-0.25, -0.2) is 4.98 Å². The van der Waals surface area contributed by atoms with Gasteiger partial charge in [-0.15, -0.1) is 0 Å². The molecule has 19 heavy (non-hydrogen) atoms. The second-order valence-electron chi connectivity index (χ2n) is 5.63. The topological polar surface area (TPSA) is 94.0 Å². The van der Waals surface area contributed by atoms with Crippen molar-refractivity contribution in [3.8, 4) is 0 Å². The Labute approximate surface area is 113 Å². The van der Waals surface area contributed by atoms with Crippen LogP contribution in [0, 0.1) is 11.8 Å². The maximum absolute atomic E-state index is 11.2. The quantitative estimate of drug-likeness (QED) is 0.776. The lowest BCUT2D eigenvalue weighted by Crippen LogP contribution is -2.30. The lowest BCUT2D eigenvalue weighted by Gasteiger charge is -2.32. The zero-order valence-corrected chi connectivity index (χ0v) is 11.5. The molecule has 1 fully saturated rings. The summed E-state index contributed by atoms with van der Waals surface area (Å²) < 4.78 is 0. The Balaban J connectivity index is 2.07. The third-order valence-electron chi connectivity index (χ3n) is 4.15. The molecule has 0 aliphatic heterocycles. The minimum atomic E-state index is -0.520. The van der Waals surface area contributed by atoms with E-state index in [0.29, 0.717) is 29.0 Å². The average Bonchev–Trinajstić information content (AvgIpc) is 2.36. The zero-order valence-electron chi connectivity index (χ0n) is 11.5. The van der Waals surface area contributed by atoms with E-state index in [4.69, 9.17) is 11.5 Å². The van der Waals surface area contributed by atoms with E-state index < -0.39 is 5.91 Å². The highest BCUT2D eigenvalue weighted by Crippen LogP contribution is 2.31. The van der Waals surface area contributed by atoms with Crippen molar-refractivity contribution in [2.45, 2.75) is 39.2 Å². The molecule has 104 valence electrons. The Morgan fingerprint density at radius 1 is 1.37 bits per heavy atom. The van der Waals surface area contributed by atoms with Gasteiger partial charge in [0.1, 0.15) is 5.82 Å². The fraction of sp³-hybridized carbons (Fsp3) is 0.571. The van der Waals surface area contributed by atoms with Crippen molar-refractivity contribution < 1.29 is 4.79 Å². The van der Waals surface area contributed by atoms with E-state index in [1.165, 1.54) is 12.6 Å². The van der Waals surface area contributed by atoms with Crippen LogP contribution in [-0.2, 0) is 0 Å². The molecular formula is C14H22N4O. The molecular weight excluding hydrogens is 240 g/mol. The van der Waals surface area contributed by atoms with Gasteiger partial charge in [-0.05, 0) is 37.2 Å². The Morgan fingerprint density at radius 3 is 2.74 bits per heavy atom. The van der Waals surface area contributed by atoms with Gasteiger partial charge in [0.15, 0.2) is 0 Å². The molecule has 1 aliphatic carbocycles. The summed E-state index contributed by atoms with van der Waals surface area (Å²) >= 11 is 0. The van der Waals surface area contributed by atoms with Gasteiger partial charge in [0.25, 0.3) is 5.91 Å². The molecule has 0 aromatic carbocycles. The van der Waals surface area contributed by atoms with Crippen molar-refractivity contribution in [2.75, 3.05) is 11.1 Å². The molecule has 3 unspecified atom stereocenters. The fourth-order valence-corrected chi connectivity index (χ4v) is 2.65. The molecule has 1 aliphatic rings. The van der Waals surface area contributed by atoms with Crippen LogP contribution in [0.2, 0.25) is 0 Å². The number of nitrogen functional groups attached to an aromatic ring is 1. The first-order chi connectivity index (χ1) is 8.97. The molecule has 0 radical (unpaired) electrons. The SMILES string of the molecule is CC1CCC(Nc2cc(C(N)=O)c(N)cn2)CC1C. The molecule has 0 bridgehead atoms. The van der Waals surface area contributed by atoms with E-state index in [1.54, 1.807) is 6.07 Å². The van der Waals surface area contributed by atoms with Gasteiger partial charge < -0.3 is 16.8 Å². The van der Waals surface area contributed by atoms with Crippen LogP contribution >= 0.6 is 0 Å². The minimum Gasteiger partial charge on any atom is -0.397 e. The summed E-state index contributed by atoms with van der Waals surface area (Å²) in [5.74, 6) is 1.64. The van der Waals surface area contributed by atoms with Gasteiger partial charge in [-0.2, -0.15) is 0 Å². The number of pyridine rings is 1. The molecule has 2 rings (SSSR count). The van der Waals surface area contributed by atoms with E-state index in [2.05, 4.69) is 24.1 Å². The number of nitrogens with zero attached hydrogens (tertiary/aromatic N) is 1. The Hall–Kier alpha value is -1.78. The maximum Gasteiger partial charge on any atom is 0.250 e. The van der Waals surface area contributed by atoms with Crippen molar-refractivity contribution in [1.82, 2.24) is 4.98 Å². The number of hydrogen-bond acceptors (Lipinski definition) is 4. The molecule has 0 spiro atoms. The molecule has 0 saturated heterocycles. The lowest BCUT2D eigenvalue weighted by molar-refractivity contribution is 0.100. The molecule has 5 heteroatoms. The average molecular weight is 262 g/mol. The third-order valence-corrected chi connectivity index (χ3v) is 4.15. The first-order valence-electron chi connectivity index (χ1n) is 6.79. The van der Waals surface area contributed by atoms with Crippen LogP contribution < -0.4 is 16.8 Å². The lowest BCUT2D eigenvalue weighted by atomic mass is 9.79. The predicted octanol–water partition coefficient (Wildman–Crippen LogP) is 2.00.